The van der Waals surface area contributed by atoms with E-state index in [2.05, 4.69) is 6.07 Å². The molecule has 88 valence electrons. The number of nitriles is 1. The molecule has 2 saturated heterocycles. The lowest BCUT2D eigenvalue weighted by molar-refractivity contribution is -0.132. The summed E-state index contributed by atoms with van der Waals surface area (Å²) in [5, 5.41) is 8.76. The van der Waals surface area contributed by atoms with E-state index in [1.165, 1.54) is 0 Å². The van der Waals surface area contributed by atoms with E-state index in [9.17, 15) is 4.79 Å². The van der Waals surface area contributed by atoms with E-state index in [-0.39, 0.29) is 12.0 Å². The van der Waals surface area contributed by atoms with E-state index >= 15 is 0 Å². The molecule has 5 nitrogen and oxygen atoms in total. The summed E-state index contributed by atoms with van der Waals surface area (Å²) < 4.78 is 5.24. The first kappa shape index (κ1) is 11.4. The Hall–Kier alpha value is -1.12. The van der Waals surface area contributed by atoms with E-state index in [0.717, 1.165) is 32.5 Å². The first-order chi connectivity index (χ1) is 7.79. The van der Waals surface area contributed by atoms with Crippen molar-refractivity contribution >= 4 is 5.91 Å². The molecule has 2 rings (SSSR count). The highest BCUT2D eigenvalue weighted by Gasteiger charge is 2.24. The lowest BCUT2D eigenvalue weighted by Crippen LogP contribution is -2.47. The summed E-state index contributed by atoms with van der Waals surface area (Å²) in [7, 11) is 0. The quantitative estimate of drug-likeness (QED) is 0.652. The second-order valence-electron chi connectivity index (χ2n) is 4.31. The molecule has 2 aliphatic heterocycles. The summed E-state index contributed by atoms with van der Waals surface area (Å²) in [6.45, 7) is 4.07. The number of morpholine rings is 1. The van der Waals surface area contributed by atoms with Crippen LogP contribution in [-0.4, -0.2) is 61.1 Å². The number of rotatable bonds is 2. The second kappa shape index (κ2) is 5.28. The van der Waals surface area contributed by atoms with Crippen molar-refractivity contribution in [3.8, 4) is 6.07 Å². The van der Waals surface area contributed by atoms with E-state index < -0.39 is 0 Å². The monoisotopic (exact) mass is 223 g/mol. The molecule has 2 fully saturated rings. The molecular weight excluding hydrogens is 206 g/mol. The van der Waals surface area contributed by atoms with Gasteiger partial charge in [-0.1, -0.05) is 0 Å². The number of hydrogen-bond acceptors (Lipinski definition) is 4. The van der Waals surface area contributed by atoms with Gasteiger partial charge >= 0.3 is 0 Å². The summed E-state index contributed by atoms with van der Waals surface area (Å²) >= 11 is 0. The molecule has 0 aromatic rings. The van der Waals surface area contributed by atoms with Gasteiger partial charge in [0.15, 0.2) is 6.10 Å². The maximum atomic E-state index is 11.9. The predicted molar refractivity (Wildman–Crippen MR) is 57.6 cm³/mol. The van der Waals surface area contributed by atoms with Crippen LogP contribution in [0.1, 0.15) is 12.8 Å². The van der Waals surface area contributed by atoms with Crippen LogP contribution >= 0.6 is 0 Å². The SMILES string of the molecule is N#CC1CN(CC(=O)N2CCCC2)CCO1. The maximum absolute atomic E-state index is 11.9. The van der Waals surface area contributed by atoms with Gasteiger partial charge in [0.05, 0.1) is 19.2 Å². The molecule has 0 radical (unpaired) electrons. The summed E-state index contributed by atoms with van der Waals surface area (Å²) in [5.41, 5.74) is 0. The summed E-state index contributed by atoms with van der Waals surface area (Å²) in [4.78, 5) is 15.8. The molecule has 0 aromatic carbocycles. The van der Waals surface area contributed by atoms with E-state index in [4.69, 9.17) is 10.00 Å². The number of hydrogen-bond donors (Lipinski definition) is 0. The fraction of sp³-hybridized carbons (Fsp3) is 0.818. The van der Waals surface area contributed by atoms with Gasteiger partial charge in [0, 0.05) is 26.2 Å². The van der Waals surface area contributed by atoms with Gasteiger partial charge in [0.2, 0.25) is 5.91 Å². The molecule has 0 bridgehead atoms. The molecule has 2 aliphatic rings. The van der Waals surface area contributed by atoms with Crippen LogP contribution in [-0.2, 0) is 9.53 Å². The number of carbonyl (C=O) groups is 1. The zero-order chi connectivity index (χ0) is 11.4. The number of amides is 1. The van der Waals surface area contributed by atoms with Crippen LogP contribution in [0.25, 0.3) is 0 Å². The standard InChI is InChI=1S/C11H17N3O2/c12-7-10-8-13(5-6-16-10)9-11(15)14-3-1-2-4-14/h10H,1-6,8-9H2. The molecule has 0 spiro atoms. The van der Waals surface area contributed by atoms with Gasteiger partial charge in [0.1, 0.15) is 0 Å². The van der Waals surface area contributed by atoms with Crippen LogP contribution in [0.5, 0.6) is 0 Å². The Labute approximate surface area is 95.6 Å². The van der Waals surface area contributed by atoms with Crippen LogP contribution in [0.3, 0.4) is 0 Å². The van der Waals surface area contributed by atoms with Crippen LogP contribution in [0.2, 0.25) is 0 Å². The Kier molecular flexibility index (Phi) is 3.75. The van der Waals surface area contributed by atoms with Crippen molar-refractivity contribution in [3.63, 3.8) is 0 Å². The van der Waals surface area contributed by atoms with Gasteiger partial charge in [-0.25, -0.2) is 0 Å². The van der Waals surface area contributed by atoms with Crippen molar-refractivity contribution in [2.24, 2.45) is 0 Å². The van der Waals surface area contributed by atoms with Crippen molar-refractivity contribution in [2.45, 2.75) is 18.9 Å². The highest BCUT2D eigenvalue weighted by atomic mass is 16.5. The predicted octanol–water partition coefficient (Wildman–Crippen LogP) is -0.167. The largest absolute Gasteiger partial charge is 0.361 e. The molecular formula is C11H17N3O2. The third-order valence-electron chi connectivity index (χ3n) is 3.11. The number of ether oxygens (including phenoxy) is 1. The highest BCUT2D eigenvalue weighted by Crippen LogP contribution is 2.09. The van der Waals surface area contributed by atoms with Crippen LogP contribution in [0.4, 0.5) is 0 Å². The number of carbonyl (C=O) groups excluding carboxylic acids is 1. The lowest BCUT2D eigenvalue weighted by Gasteiger charge is -2.30. The molecule has 0 aromatic heterocycles. The van der Waals surface area contributed by atoms with E-state index in [1.807, 2.05) is 9.80 Å². The molecule has 2 heterocycles. The fourth-order valence-corrected chi connectivity index (χ4v) is 2.18. The first-order valence-electron chi connectivity index (χ1n) is 5.81. The Bertz CT molecular complexity index is 294. The minimum atomic E-state index is -0.375. The minimum absolute atomic E-state index is 0.191. The van der Waals surface area contributed by atoms with Gasteiger partial charge < -0.3 is 9.64 Å². The molecule has 0 aliphatic carbocycles. The number of nitrogens with zero attached hydrogens (tertiary/aromatic N) is 3. The molecule has 0 N–H and O–H groups in total. The zero-order valence-electron chi connectivity index (χ0n) is 9.39. The molecule has 16 heavy (non-hydrogen) atoms. The van der Waals surface area contributed by atoms with Crippen molar-refractivity contribution in [1.29, 1.82) is 5.26 Å². The third kappa shape index (κ3) is 2.71. The fourth-order valence-electron chi connectivity index (χ4n) is 2.18. The lowest BCUT2D eigenvalue weighted by atomic mass is 10.3. The Balaban J connectivity index is 1.80. The zero-order valence-corrected chi connectivity index (χ0v) is 9.39. The van der Waals surface area contributed by atoms with Crippen LogP contribution in [0, 0.1) is 11.3 Å². The van der Waals surface area contributed by atoms with Crippen LogP contribution in [0.15, 0.2) is 0 Å². The smallest absolute Gasteiger partial charge is 0.236 e. The third-order valence-corrected chi connectivity index (χ3v) is 3.11. The summed E-state index contributed by atoms with van der Waals surface area (Å²) in [5.74, 6) is 0.191. The topological polar surface area (TPSA) is 56.6 Å². The van der Waals surface area contributed by atoms with Crippen molar-refractivity contribution in [3.05, 3.63) is 0 Å². The first-order valence-corrected chi connectivity index (χ1v) is 5.81. The molecule has 5 heteroatoms. The van der Waals surface area contributed by atoms with Crippen molar-refractivity contribution in [1.82, 2.24) is 9.80 Å². The maximum Gasteiger partial charge on any atom is 0.236 e. The highest BCUT2D eigenvalue weighted by molar-refractivity contribution is 5.78. The average Bonchev–Trinajstić information content (AvgIpc) is 2.83. The van der Waals surface area contributed by atoms with Crippen molar-refractivity contribution in [2.75, 3.05) is 39.3 Å². The average molecular weight is 223 g/mol. The van der Waals surface area contributed by atoms with Crippen molar-refractivity contribution < 1.29 is 9.53 Å². The molecule has 1 amide bonds. The second-order valence-corrected chi connectivity index (χ2v) is 4.31. The van der Waals surface area contributed by atoms with Gasteiger partial charge in [-0.2, -0.15) is 5.26 Å². The van der Waals surface area contributed by atoms with Gasteiger partial charge in [-0.15, -0.1) is 0 Å². The normalized spacial score (nSPS) is 26.7. The molecule has 1 atom stereocenters. The van der Waals surface area contributed by atoms with E-state index in [0.29, 0.717) is 19.7 Å². The summed E-state index contributed by atoms with van der Waals surface area (Å²) in [6, 6.07) is 2.09. The Morgan fingerprint density at radius 2 is 2.12 bits per heavy atom. The van der Waals surface area contributed by atoms with Gasteiger partial charge in [0.25, 0.3) is 0 Å². The van der Waals surface area contributed by atoms with Gasteiger partial charge in [-0.05, 0) is 12.8 Å². The molecule has 1 unspecified atom stereocenters. The summed E-state index contributed by atoms with van der Waals surface area (Å²) in [6.07, 6.45) is 1.87. The minimum Gasteiger partial charge on any atom is -0.361 e. The van der Waals surface area contributed by atoms with E-state index in [1.54, 1.807) is 0 Å². The number of likely N-dealkylation sites (tertiary alicyclic amines) is 1. The van der Waals surface area contributed by atoms with Crippen LogP contribution < -0.4 is 0 Å². The Morgan fingerprint density at radius 3 is 2.81 bits per heavy atom. The van der Waals surface area contributed by atoms with Gasteiger partial charge in [-0.3, -0.25) is 9.69 Å². The Morgan fingerprint density at radius 1 is 1.38 bits per heavy atom. The molecule has 0 saturated carbocycles.